The van der Waals surface area contributed by atoms with E-state index in [1.54, 1.807) is 37.4 Å². The molecule has 0 aromatic heterocycles. The molecule has 5 heteroatoms. The third-order valence-electron chi connectivity index (χ3n) is 3.02. The van der Waals surface area contributed by atoms with Crippen LogP contribution in [0.3, 0.4) is 0 Å². The van der Waals surface area contributed by atoms with Crippen LogP contribution < -0.4 is 10.6 Å². The zero-order chi connectivity index (χ0) is 14.7. The van der Waals surface area contributed by atoms with E-state index in [4.69, 9.17) is 17.3 Å². The van der Waals surface area contributed by atoms with Gasteiger partial charge in [0.05, 0.1) is 6.42 Å². The third-order valence-corrected chi connectivity index (χ3v) is 3.38. The quantitative estimate of drug-likeness (QED) is 0.883. The zero-order valence-electron chi connectivity index (χ0n) is 10.9. The Morgan fingerprint density at radius 3 is 2.65 bits per heavy atom. The summed E-state index contributed by atoms with van der Waals surface area (Å²) in [6, 6.07) is 11.3. The van der Waals surface area contributed by atoms with Crippen molar-refractivity contribution in [2.45, 2.75) is 6.42 Å². The molecule has 0 saturated carbocycles. The van der Waals surface area contributed by atoms with Gasteiger partial charge in [0.1, 0.15) is 5.82 Å². The largest absolute Gasteiger partial charge is 0.399 e. The van der Waals surface area contributed by atoms with Gasteiger partial charge in [-0.3, -0.25) is 4.79 Å². The van der Waals surface area contributed by atoms with Crippen molar-refractivity contribution >= 4 is 28.9 Å². The van der Waals surface area contributed by atoms with Crippen LogP contribution in [0.4, 0.5) is 15.8 Å². The molecule has 0 heterocycles. The molecule has 104 valence electrons. The molecule has 1 amide bonds. The molecule has 0 spiro atoms. The molecule has 0 aliphatic rings. The van der Waals surface area contributed by atoms with E-state index in [-0.39, 0.29) is 22.9 Å². The molecule has 0 saturated heterocycles. The van der Waals surface area contributed by atoms with Crippen molar-refractivity contribution in [3.8, 4) is 0 Å². The number of benzene rings is 2. The first-order valence-corrected chi connectivity index (χ1v) is 6.42. The lowest BCUT2D eigenvalue weighted by Gasteiger charge is -2.18. The second-order valence-electron chi connectivity index (χ2n) is 4.42. The third kappa shape index (κ3) is 3.08. The maximum atomic E-state index is 13.7. The fraction of sp³-hybridized carbons (Fsp3) is 0.133. The Morgan fingerprint density at radius 1 is 1.30 bits per heavy atom. The normalized spacial score (nSPS) is 10.3. The Labute approximate surface area is 121 Å². The highest BCUT2D eigenvalue weighted by Gasteiger charge is 2.16. The Morgan fingerprint density at radius 2 is 2.00 bits per heavy atom. The summed E-state index contributed by atoms with van der Waals surface area (Å²) >= 11 is 5.92. The predicted octanol–water partition coefficient (Wildman–Crippen LogP) is 3.27. The van der Waals surface area contributed by atoms with Gasteiger partial charge in [-0.25, -0.2) is 4.39 Å². The van der Waals surface area contributed by atoms with Crippen LogP contribution in [0, 0.1) is 5.82 Å². The van der Waals surface area contributed by atoms with E-state index in [9.17, 15) is 9.18 Å². The van der Waals surface area contributed by atoms with Crippen molar-refractivity contribution in [2.75, 3.05) is 17.7 Å². The summed E-state index contributed by atoms with van der Waals surface area (Å²) in [5.74, 6) is -0.741. The minimum atomic E-state index is -0.480. The van der Waals surface area contributed by atoms with E-state index in [2.05, 4.69) is 0 Å². The topological polar surface area (TPSA) is 46.3 Å². The predicted molar refractivity (Wildman–Crippen MR) is 79.4 cm³/mol. The Balaban J connectivity index is 2.20. The fourth-order valence-electron chi connectivity index (χ4n) is 1.85. The van der Waals surface area contributed by atoms with Crippen molar-refractivity contribution in [1.82, 2.24) is 0 Å². The van der Waals surface area contributed by atoms with E-state index in [1.165, 1.54) is 17.0 Å². The van der Waals surface area contributed by atoms with Crippen LogP contribution in [-0.4, -0.2) is 13.0 Å². The van der Waals surface area contributed by atoms with Crippen LogP contribution in [0.25, 0.3) is 0 Å². The lowest BCUT2D eigenvalue weighted by atomic mass is 10.1. The highest BCUT2D eigenvalue weighted by molar-refractivity contribution is 6.31. The van der Waals surface area contributed by atoms with Gasteiger partial charge in [-0.2, -0.15) is 0 Å². The number of nitrogen functional groups attached to an aromatic ring is 1. The standard InChI is InChI=1S/C15H14ClFN2O/c1-19(11-5-2-4-10(18)8-11)15(20)9-12-13(16)6-3-7-14(12)17/h2-8H,9,18H2,1H3. The number of anilines is 2. The highest BCUT2D eigenvalue weighted by Crippen LogP contribution is 2.22. The van der Waals surface area contributed by atoms with Gasteiger partial charge in [-0.05, 0) is 30.3 Å². The SMILES string of the molecule is CN(C(=O)Cc1c(F)cccc1Cl)c1cccc(N)c1. The maximum Gasteiger partial charge on any atom is 0.231 e. The Bertz CT molecular complexity index is 625. The maximum absolute atomic E-state index is 13.7. The van der Waals surface area contributed by atoms with E-state index >= 15 is 0 Å². The summed E-state index contributed by atoms with van der Waals surface area (Å²) in [5, 5.41) is 0.249. The summed E-state index contributed by atoms with van der Waals surface area (Å²) in [6.45, 7) is 0. The molecule has 0 unspecified atom stereocenters. The van der Waals surface area contributed by atoms with Crippen molar-refractivity contribution < 1.29 is 9.18 Å². The van der Waals surface area contributed by atoms with Gasteiger partial charge in [0.2, 0.25) is 5.91 Å². The highest BCUT2D eigenvalue weighted by atomic mass is 35.5. The number of halogens is 2. The molecular formula is C15H14ClFN2O. The number of nitrogens with zero attached hydrogens (tertiary/aromatic N) is 1. The second kappa shape index (κ2) is 5.92. The number of hydrogen-bond acceptors (Lipinski definition) is 2. The Hall–Kier alpha value is -2.07. The van der Waals surface area contributed by atoms with Crippen LogP contribution in [0.15, 0.2) is 42.5 Å². The van der Waals surface area contributed by atoms with E-state index in [0.29, 0.717) is 11.4 Å². The number of carbonyl (C=O) groups excluding carboxylic acids is 1. The summed E-state index contributed by atoms with van der Waals surface area (Å²) in [6.07, 6.45) is -0.100. The number of likely N-dealkylation sites (N-methyl/N-ethyl adjacent to an activating group) is 1. The van der Waals surface area contributed by atoms with Gasteiger partial charge >= 0.3 is 0 Å². The smallest absolute Gasteiger partial charge is 0.231 e. The lowest BCUT2D eigenvalue weighted by molar-refractivity contribution is -0.117. The molecule has 0 bridgehead atoms. The lowest BCUT2D eigenvalue weighted by Crippen LogP contribution is -2.28. The van der Waals surface area contributed by atoms with Gasteiger partial charge in [-0.15, -0.1) is 0 Å². The number of amides is 1. The summed E-state index contributed by atoms with van der Waals surface area (Å²) in [4.78, 5) is 13.6. The average Bonchev–Trinajstić information content (AvgIpc) is 2.42. The number of nitrogens with two attached hydrogens (primary N) is 1. The molecule has 0 aliphatic carbocycles. The minimum Gasteiger partial charge on any atom is -0.399 e. The monoisotopic (exact) mass is 292 g/mol. The second-order valence-corrected chi connectivity index (χ2v) is 4.83. The van der Waals surface area contributed by atoms with Gasteiger partial charge in [-0.1, -0.05) is 23.7 Å². The van der Waals surface area contributed by atoms with Crippen LogP contribution in [-0.2, 0) is 11.2 Å². The molecular weight excluding hydrogens is 279 g/mol. The first-order chi connectivity index (χ1) is 9.49. The minimum absolute atomic E-state index is 0.100. The first kappa shape index (κ1) is 14.3. The van der Waals surface area contributed by atoms with Crippen LogP contribution in [0.2, 0.25) is 5.02 Å². The van der Waals surface area contributed by atoms with E-state index < -0.39 is 5.82 Å². The molecule has 3 nitrogen and oxygen atoms in total. The van der Waals surface area contributed by atoms with Gasteiger partial charge in [0.25, 0.3) is 0 Å². The van der Waals surface area contributed by atoms with E-state index in [0.717, 1.165) is 0 Å². The summed E-state index contributed by atoms with van der Waals surface area (Å²) in [7, 11) is 1.62. The number of rotatable bonds is 3. The first-order valence-electron chi connectivity index (χ1n) is 6.04. The number of carbonyl (C=O) groups is 1. The molecule has 0 aliphatic heterocycles. The fourth-order valence-corrected chi connectivity index (χ4v) is 2.08. The molecule has 20 heavy (non-hydrogen) atoms. The summed E-state index contributed by atoms with van der Waals surface area (Å²) < 4.78 is 13.7. The molecule has 2 aromatic rings. The molecule has 0 atom stereocenters. The number of hydrogen-bond donors (Lipinski definition) is 1. The molecule has 2 N–H and O–H groups in total. The van der Waals surface area contributed by atoms with Crippen molar-refractivity contribution in [3.63, 3.8) is 0 Å². The van der Waals surface area contributed by atoms with Crippen molar-refractivity contribution in [1.29, 1.82) is 0 Å². The molecule has 0 radical (unpaired) electrons. The Kier molecular flexibility index (Phi) is 4.25. The average molecular weight is 293 g/mol. The summed E-state index contributed by atoms with van der Waals surface area (Å²) in [5.41, 5.74) is 7.10. The molecule has 2 rings (SSSR count). The van der Waals surface area contributed by atoms with Gasteiger partial charge in [0, 0.05) is 29.0 Å². The van der Waals surface area contributed by atoms with Crippen molar-refractivity contribution in [2.24, 2.45) is 0 Å². The van der Waals surface area contributed by atoms with Gasteiger partial charge in [0.15, 0.2) is 0 Å². The van der Waals surface area contributed by atoms with Crippen LogP contribution >= 0.6 is 11.6 Å². The van der Waals surface area contributed by atoms with Crippen LogP contribution in [0.1, 0.15) is 5.56 Å². The molecule has 2 aromatic carbocycles. The van der Waals surface area contributed by atoms with Crippen LogP contribution in [0.5, 0.6) is 0 Å². The van der Waals surface area contributed by atoms with Gasteiger partial charge < -0.3 is 10.6 Å². The van der Waals surface area contributed by atoms with Crippen molar-refractivity contribution in [3.05, 3.63) is 58.9 Å². The zero-order valence-corrected chi connectivity index (χ0v) is 11.7. The van der Waals surface area contributed by atoms with E-state index in [1.807, 2.05) is 0 Å². The molecule has 0 fully saturated rings.